The molecule has 9 nitrogen and oxygen atoms in total. The summed E-state index contributed by atoms with van der Waals surface area (Å²) >= 11 is 0. The van der Waals surface area contributed by atoms with E-state index in [0.717, 1.165) is 25.0 Å². The molecule has 0 saturated heterocycles. The van der Waals surface area contributed by atoms with E-state index in [-0.39, 0.29) is 47.7 Å². The smallest absolute Gasteiger partial charge is 0.416 e. The number of methoxy groups -OCH3 is 1. The molecule has 0 aliphatic heterocycles. The highest BCUT2D eigenvalue weighted by Gasteiger charge is 2.33. The minimum absolute atomic E-state index is 0.000262. The molecule has 220 valence electrons. The highest BCUT2D eigenvalue weighted by molar-refractivity contribution is 6.09. The van der Waals surface area contributed by atoms with Crippen LogP contribution < -0.4 is 15.4 Å². The van der Waals surface area contributed by atoms with Gasteiger partial charge in [-0.15, -0.1) is 0 Å². The second kappa shape index (κ2) is 11.7. The Kier molecular flexibility index (Phi) is 8.21. The fourth-order valence-corrected chi connectivity index (χ4v) is 5.49. The number of nitrogens with zero attached hydrogens (tertiary/aromatic N) is 2. The number of aromatic nitrogens is 3. The fourth-order valence-electron chi connectivity index (χ4n) is 5.49. The minimum Gasteiger partial charge on any atom is -0.493 e. The van der Waals surface area contributed by atoms with Crippen molar-refractivity contribution in [2.45, 2.75) is 64.2 Å². The quantitative estimate of drug-likeness (QED) is 0.339. The molecule has 5 rings (SSSR count). The van der Waals surface area contributed by atoms with Gasteiger partial charge in [0.05, 0.1) is 23.3 Å². The molecular weight excluding hydrogens is 539 g/mol. The maximum absolute atomic E-state index is 13.6. The number of aromatic amines is 1. The summed E-state index contributed by atoms with van der Waals surface area (Å²) in [7, 11) is 1.47. The number of aryl methyl sites for hydroxylation is 1. The van der Waals surface area contributed by atoms with Crippen molar-refractivity contribution in [1.82, 2.24) is 25.6 Å². The number of halogens is 3. The van der Waals surface area contributed by atoms with Crippen LogP contribution in [0.2, 0.25) is 0 Å². The monoisotopic (exact) mass is 573 g/mol. The first-order valence-electron chi connectivity index (χ1n) is 13.8. The van der Waals surface area contributed by atoms with E-state index >= 15 is 0 Å². The normalized spacial score (nSPS) is 21.1. The van der Waals surface area contributed by atoms with Gasteiger partial charge in [-0.1, -0.05) is 6.92 Å². The van der Waals surface area contributed by atoms with Crippen LogP contribution in [0.25, 0.3) is 22.3 Å². The minimum atomic E-state index is -4.55. The van der Waals surface area contributed by atoms with Gasteiger partial charge in [-0.05, 0) is 69.1 Å². The highest BCUT2D eigenvalue weighted by Crippen LogP contribution is 2.40. The Morgan fingerprint density at radius 3 is 2.59 bits per heavy atom. The van der Waals surface area contributed by atoms with Crippen LogP contribution >= 0.6 is 0 Å². The highest BCUT2D eigenvalue weighted by atomic mass is 19.4. The first-order chi connectivity index (χ1) is 19.5. The third kappa shape index (κ3) is 6.47. The number of H-pyrrole nitrogens is 1. The molecule has 12 heteroatoms. The van der Waals surface area contributed by atoms with Crippen molar-refractivity contribution in [3.63, 3.8) is 0 Å². The van der Waals surface area contributed by atoms with Gasteiger partial charge in [-0.2, -0.15) is 13.2 Å². The van der Waals surface area contributed by atoms with Gasteiger partial charge >= 0.3 is 6.18 Å². The number of benzene rings is 1. The van der Waals surface area contributed by atoms with Crippen molar-refractivity contribution in [2.75, 3.05) is 20.3 Å². The van der Waals surface area contributed by atoms with Crippen molar-refractivity contribution >= 4 is 22.8 Å². The number of amides is 2. The Morgan fingerprint density at radius 2 is 1.90 bits per heavy atom. The zero-order chi connectivity index (χ0) is 29.3. The molecule has 3 N–H and O–H groups in total. The van der Waals surface area contributed by atoms with E-state index in [2.05, 4.69) is 25.6 Å². The number of carbonyl (C=O) groups is 2. The molecule has 2 saturated carbocycles. The lowest BCUT2D eigenvalue weighted by Gasteiger charge is -2.35. The van der Waals surface area contributed by atoms with Gasteiger partial charge in [0, 0.05) is 30.5 Å². The average molecular weight is 574 g/mol. The van der Waals surface area contributed by atoms with Crippen molar-refractivity contribution < 1.29 is 32.2 Å². The van der Waals surface area contributed by atoms with Crippen LogP contribution in [0.15, 0.2) is 24.5 Å². The molecule has 1 aromatic carbocycles. The summed E-state index contributed by atoms with van der Waals surface area (Å²) in [6.45, 7) is 4.18. The van der Waals surface area contributed by atoms with E-state index in [0.29, 0.717) is 59.8 Å². The largest absolute Gasteiger partial charge is 0.493 e. The molecule has 0 unspecified atom stereocenters. The molecule has 2 aromatic heterocycles. The van der Waals surface area contributed by atoms with Crippen LogP contribution in [0.5, 0.6) is 5.75 Å². The van der Waals surface area contributed by atoms with Crippen LogP contribution in [0.3, 0.4) is 0 Å². The molecule has 2 fully saturated rings. The van der Waals surface area contributed by atoms with Crippen molar-refractivity contribution in [1.29, 1.82) is 0 Å². The molecule has 2 amide bonds. The van der Waals surface area contributed by atoms with Crippen LogP contribution in [0, 0.1) is 18.8 Å². The maximum atomic E-state index is 13.6. The van der Waals surface area contributed by atoms with Crippen molar-refractivity contribution in [3.05, 3.63) is 41.3 Å². The van der Waals surface area contributed by atoms with E-state index in [1.165, 1.54) is 19.5 Å². The predicted molar refractivity (Wildman–Crippen MR) is 145 cm³/mol. The molecule has 2 aliphatic rings. The number of alkyl halides is 3. The number of ether oxygens (including phenoxy) is 2. The number of nitrogens with one attached hydrogen (secondary N) is 3. The zero-order valence-electron chi connectivity index (χ0n) is 23.2. The lowest BCUT2D eigenvalue weighted by molar-refractivity contribution is -0.137. The van der Waals surface area contributed by atoms with Gasteiger partial charge in [-0.3, -0.25) is 9.59 Å². The number of carbonyl (C=O) groups excluding carboxylic acids is 2. The Hall–Kier alpha value is -3.67. The van der Waals surface area contributed by atoms with Gasteiger partial charge in [0.1, 0.15) is 29.9 Å². The Balaban J connectivity index is 1.40. The van der Waals surface area contributed by atoms with Gasteiger partial charge in [0.2, 0.25) is 5.91 Å². The van der Waals surface area contributed by atoms with E-state index in [1.54, 1.807) is 6.92 Å². The number of rotatable bonds is 9. The standard InChI is InChI=1S/C29H34F3N5O4/c1-15-10-19(7-8-21(15)37-23(38)13-40-3)36-28(39)24-16(2)35-27-25(33-14-34-26(24)27)20-11-18(29(30,31)32)6-9-22(20)41-12-17-4-5-17/h6,9,11,14-15,17,19,21,35H,4-5,7-8,10,12-13H2,1-3H3,(H,36,39)(H,37,38)/t15-,19+,21+/m1/s1. The average Bonchev–Trinajstić information content (AvgIpc) is 3.68. The molecule has 41 heavy (non-hydrogen) atoms. The number of hydrogen-bond donors (Lipinski definition) is 3. The Bertz CT molecular complexity index is 1440. The van der Waals surface area contributed by atoms with Crippen LogP contribution in [-0.2, 0) is 15.7 Å². The summed E-state index contributed by atoms with van der Waals surface area (Å²) in [5.41, 5.74) is 1.13. The number of hydrogen-bond acceptors (Lipinski definition) is 6. The third-order valence-corrected chi connectivity index (χ3v) is 7.86. The second-order valence-corrected chi connectivity index (χ2v) is 11.1. The molecule has 3 atom stereocenters. The van der Waals surface area contributed by atoms with Gasteiger partial charge in [-0.25, -0.2) is 9.97 Å². The van der Waals surface area contributed by atoms with E-state index in [4.69, 9.17) is 9.47 Å². The topological polar surface area (TPSA) is 118 Å². The maximum Gasteiger partial charge on any atom is 0.416 e. The first kappa shape index (κ1) is 28.8. The summed E-state index contributed by atoms with van der Waals surface area (Å²) in [4.78, 5) is 37.2. The van der Waals surface area contributed by atoms with Crippen molar-refractivity contribution in [3.8, 4) is 17.0 Å². The fraction of sp³-hybridized carbons (Fsp3) is 0.517. The third-order valence-electron chi connectivity index (χ3n) is 7.86. The van der Waals surface area contributed by atoms with Crippen molar-refractivity contribution in [2.24, 2.45) is 11.8 Å². The van der Waals surface area contributed by atoms with Crippen LogP contribution in [0.1, 0.15) is 60.6 Å². The van der Waals surface area contributed by atoms with Gasteiger partial charge < -0.3 is 25.1 Å². The summed E-state index contributed by atoms with van der Waals surface area (Å²) in [5.74, 6) is 0.345. The second-order valence-electron chi connectivity index (χ2n) is 11.1. The molecule has 3 aromatic rings. The molecule has 2 heterocycles. The molecule has 0 spiro atoms. The summed E-state index contributed by atoms with van der Waals surface area (Å²) in [5, 5.41) is 6.08. The number of fused-ring (bicyclic) bond motifs is 1. The summed E-state index contributed by atoms with van der Waals surface area (Å²) in [6, 6.07) is 3.25. The van der Waals surface area contributed by atoms with Crippen LogP contribution in [-0.4, -0.2) is 59.2 Å². The van der Waals surface area contributed by atoms with Crippen LogP contribution in [0.4, 0.5) is 13.2 Å². The summed E-state index contributed by atoms with van der Waals surface area (Å²) in [6.07, 6.45) is 0.840. The SMILES string of the molecule is COCC(=O)N[C@H]1CC[C@H](NC(=O)c2c(C)[nH]c3c(-c4cc(C(F)(F)F)ccc4OCC4CC4)ncnc23)C[C@H]1C. The molecule has 0 radical (unpaired) electrons. The Labute approximate surface area is 235 Å². The zero-order valence-corrected chi connectivity index (χ0v) is 23.2. The molecular formula is C29H34F3N5O4. The first-order valence-corrected chi connectivity index (χ1v) is 13.8. The van der Waals surface area contributed by atoms with E-state index in [1.807, 2.05) is 6.92 Å². The molecule has 2 aliphatic carbocycles. The van der Waals surface area contributed by atoms with E-state index in [9.17, 15) is 22.8 Å². The Morgan fingerprint density at radius 1 is 1.12 bits per heavy atom. The van der Waals surface area contributed by atoms with Gasteiger partial charge in [0.15, 0.2) is 0 Å². The predicted octanol–water partition coefficient (Wildman–Crippen LogP) is 4.79. The lowest BCUT2D eigenvalue weighted by atomic mass is 9.82. The lowest BCUT2D eigenvalue weighted by Crippen LogP contribution is -2.48. The van der Waals surface area contributed by atoms with Gasteiger partial charge in [0.25, 0.3) is 5.91 Å². The van der Waals surface area contributed by atoms with E-state index < -0.39 is 11.7 Å². The molecule has 0 bridgehead atoms. The summed E-state index contributed by atoms with van der Waals surface area (Å²) < 4.78 is 51.7.